The van der Waals surface area contributed by atoms with Crippen LogP contribution in [0.2, 0.25) is 0 Å². The average molecular weight is 230 g/mol. The Labute approximate surface area is 96.8 Å². The molecule has 0 unspecified atom stereocenters. The van der Waals surface area contributed by atoms with Crippen molar-refractivity contribution >= 4 is 6.09 Å². The van der Waals surface area contributed by atoms with Crippen LogP contribution in [0.1, 0.15) is 26.7 Å². The maximum absolute atomic E-state index is 11.4. The first kappa shape index (κ1) is 13.3. The van der Waals surface area contributed by atoms with Gasteiger partial charge >= 0.3 is 6.09 Å². The standard InChI is InChI=1S/C11H22N2O3/c1-3-16-11(15)13-6-4-10(5-7-13)12-8-9(2)14/h9-10,12,14H,3-8H2,1-2H3/t9-/m1/s1. The van der Waals surface area contributed by atoms with E-state index >= 15 is 0 Å². The summed E-state index contributed by atoms with van der Waals surface area (Å²) in [5.41, 5.74) is 0. The normalized spacial score (nSPS) is 19.6. The molecule has 94 valence electrons. The van der Waals surface area contributed by atoms with Crippen molar-refractivity contribution in [3.8, 4) is 0 Å². The van der Waals surface area contributed by atoms with Crippen molar-refractivity contribution in [3.05, 3.63) is 0 Å². The summed E-state index contributed by atoms with van der Waals surface area (Å²) in [7, 11) is 0. The van der Waals surface area contributed by atoms with Crippen molar-refractivity contribution in [1.82, 2.24) is 10.2 Å². The fourth-order valence-electron chi connectivity index (χ4n) is 1.82. The van der Waals surface area contributed by atoms with Crippen LogP contribution in [0.4, 0.5) is 4.79 Å². The lowest BCUT2D eigenvalue weighted by Gasteiger charge is -2.31. The first-order valence-electron chi connectivity index (χ1n) is 5.96. The number of nitrogens with one attached hydrogen (secondary N) is 1. The van der Waals surface area contributed by atoms with Crippen LogP contribution in [0, 0.1) is 0 Å². The molecule has 1 aliphatic rings. The van der Waals surface area contributed by atoms with Gasteiger partial charge < -0.3 is 20.1 Å². The number of amides is 1. The zero-order valence-electron chi connectivity index (χ0n) is 10.1. The molecule has 1 fully saturated rings. The number of hydrogen-bond donors (Lipinski definition) is 2. The number of hydrogen-bond acceptors (Lipinski definition) is 4. The molecule has 2 N–H and O–H groups in total. The summed E-state index contributed by atoms with van der Waals surface area (Å²) in [5, 5.41) is 12.4. The number of nitrogens with zero attached hydrogens (tertiary/aromatic N) is 1. The van der Waals surface area contributed by atoms with Gasteiger partial charge in [0.25, 0.3) is 0 Å². The van der Waals surface area contributed by atoms with E-state index in [-0.39, 0.29) is 12.2 Å². The van der Waals surface area contributed by atoms with Crippen molar-refractivity contribution in [2.45, 2.75) is 38.8 Å². The van der Waals surface area contributed by atoms with Gasteiger partial charge in [0, 0.05) is 25.7 Å². The minimum Gasteiger partial charge on any atom is -0.450 e. The summed E-state index contributed by atoms with van der Waals surface area (Å²) >= 11 is 0. The van der Waals surface area contributed by atoms with E-state index in [1.54, 1.807) is 11.8 Å². The Morgan fingerprint density at radius 2 is 2.19 bits per heavy atom. The van der Waals surface area contributed by atoms with Gasteiger partial charge in [-0.25, -0.2) is 4.79 Å². The molecule has 1 saturated heterocycles. The Morgan fingerprint density at radius 1 is 1.56 bits per heavy atom. The number of rotatable bonds is 4. The minimum absolute atomic E-state index is 0.212. The molecule has 0 aliphatic carbocycles. The number of aliphatic hydroxyl groups is 1. The fourth-order valence-corrected chi connectivity index (χ4v) is 1.82. The second-order valence-electron chi connectivity index (χ2n) is 4.22. The molecule has 1 heterocycles. The number of likely N-dealkylation sites (tertiary alicyclic amines) is 1. The predicted octanol–water partition coefficient (Wildman–Crippen LogP) is 0.578. The quantitative estimate of drug-likeness (QED) is 0.741. The van der Waals surface area contributed by atoms with Crippen molar-refractivity contribution in [1.29, 1.82) is 0 Å². The van der Waals surface area contributed by atoms with E-state index in [4.69, 9.17) is 9.84 Å². The van der Waals surface area contributed by atoms with Crippen LogP contribution in [-0.2, 0) is 4.74 Å². The molecule has 0 radical (unpaired) electrons. The molecule has 0 aromatic carbocycles. The van der Waals surface area contributed by atoms with Crippen LogP contribution in [0.5, 0.6) is 0 Å². The monoisotopic (exact) mass is 230 g/mol. The largest absolute Gasteiger partial charge is 0.450 e. The number of carbonyl (C=O) groups excluding carboxylic acids is 1. The molecule has 0 bridgehead atoms. The van der Waals surface area contributed by atoms with Gasteiger partial charge in [0.05, 0.1) is 12.7 Å². The van der Waals surface area contributed by atoms with Crippen molar-refractivity contribution in [3.63, 3.8) is 0 Å². The maximum atomic E-state index is 11.4. The Kier molecular flexibility index (Phi) is 5.55. The van der Waals surface area contributed by atoms with Crippen LogP contribution in [-0.4, -0.2) is 54.5 Å². The van der Waals surface area contributed by atoms with Crippen molar-refractivity contribution in [2.75, 3.05) is 26.2 Å². The van der Waals surface area contributed by atoms with Crippen LogP contribution >= 0.6 is 0 Å². The number of ether oxygens (including phenoxy) is 1. The molecule has 16 heavy (non-hydrogen) atoms. The molecule has 1 amide bonds. The van der Waals surface area contributed by atoms with E-state index in [9.17, 15) is 4.79 Å². The Balaban J connectivity index is 2.20. The van der Waals surface area contributed by atoms with E-state index in [0.717, 1.165) is 25.9 Å². The fraction of sp³-hybridized carbons (Fsp3) is 0.909. The zero-order valence-corrected chi connectivity index (χ0v) is 10.1. The van der Waals surface area contributed by atoms with Crippen LogP contribution in [0.25, 0.3) is 0 Å². The van der Waals surface area contributed by atoms with E-state index in [2.05, 4.69) is 5.32 Å². The second-order valence-corrected chi connectivity index (χ2v) is 4.22. The van der Waals surface area contributed by atoms with Gasteiger partial charge in [0.1, 0.15) is 0 Å². The molecule has 5 nitrogen and oxygen atoms in total. The van der Waals surface area contributed by atoms with Gasteiger partial charge in [-0.2, -0.15) is 0 Å². The van der Waals surface area contributed by atoms with Crippen LogP contribution < -0.4 is 5.32 Å². The molecule has 0 aromatic rings. The highest BCUT2D eigenvalue weighted by atomic mass is 16.6. The molecule has 1 rings (SSSR count). The topological polar surface area (TPSA) is 61.8 Å². The number of aliphatic hydroxyl groups excluding tert-OH is 1. The minimum atomic E-state index is -0.317. The van der Waals surface area contributed by atoms with E-state index < -0.39 is 0 Å². The molecule has 0 saturated carbocycles. The molecular formula is C11H22N2O3. The maximum Gasteiger partial charge on any atom is 0.409 e. The zero-order chi connectivity index (χ0) is 12.0. The van der Waals surface area contributed by atoms with E-state index in [1.807, 2.05) is 6.92 Å². The Morgan fingerprint density at radius 3 is 2.69 bits per heavy atom. The molecular weight excluding hydrogens is 208 g/mol. The highest BCUT2D eigenvalue weighted by Crippen LogP contribution is 2.11. The lowest BCUT2D eigenvalue weighted by Crippen LogP contribution is -2.46. The number of carbonyl (C=O) groups is 1. The lowest BCUT2D eigenvalue weighted by molar-refractivity contribution is 0.0933. The third-order valence-electron chi connectivity index (χ3n) is 2.72. The van der Waals surface area contributed by atoms with Crippen LogP contribution in [0.3, 0.4) is 0 Å². The smallest absolute Gasteiger partial charge is 0.409 e. The first-order valence-corrected chi connectivity index (χ1v) is 5.96. The average Bonchev–Trinajstić information content (AvgIpc) is 2.27. The molecule has 0 spiro atoms. The van der Waals surface area contributed by atoms with Gasteiger partial charge in [-0.15, -0.1) is 0 Å². The third kappa shape index (κ3) is 4.37. The van der Waals surface area contributed by atoms with Crippen molar-refractivity contribution < 1.29 is 14.6 Å². The third-order valence-corrected chi connectivity index (χ3v) is 2.72. The van der Waals surface area contributed by atoms with Gasteiger partial charge in [-0.3, -0.25) is 0 Å². The van der Waals surface area contributed by atoms with Gasteiger partial charge in [0.2, 0.25) is 0 Å². The van der Waals surface area contributed by atoms with Crippen LogP contribution in [0.15, 0.2) is 0 Å². The Bertz CT molecular complexity index is 213. The van der Waals surface area contributed by atoms with E-state index in [1.165, 1.54) is 0 Å². The second kappa shape index (κ2) is 6.70. The first-order chi connectivity index (χ1) is 7.63. The summed E-state index contributed by atoms with van der Waals surface area (Å²) < 4.78 is 4.94. The lowest BCUT2D eigenvalue weighted by atomic mass is 10.1. The Hall–Kier alpha value is -0.810. The summed E-state index contributed by atoms with van der Waals surface area (Å²) in [6.07, 6.45) is 1.32. The molecule has 1 atom stereocenters. The summed E-state index contributed by atoms with van der Waals surface area (Å²) in [4.78, 5) is 13.2. The molecule has 5 heteroatoms. The van der Waals surface area contributed by atoms with Gasteiger partial charge in [0.15, 0.2) is 0 Å². The predicted molar refractivity (Wildman–Crippen MR) is 61.3 cm³/mol. The highest BCUT2D eigenvalue weighted by molar-refractivity contribution is 5.67. The molecule has 1 aliphatic heterocycles. The summed E-state index contributed by atoms with van der Waals surface area (Å²) in [6, 6.07) is 0.403. The number of piperidine rings is 1. The van der Waals surface area contributed by atoms with E-state index in [0.29, 0.717) is 19.2 Å². The summed E-state index contributed by atoms with van der Waals surface area (Å²) in [6.45, 7) is 6.09. The van der Waals surface area contributed by atoms with Gasteiger partial charge in [-0.05, 0) is 26.7 Å². The highest BCUT2D eigenvalue weighted by Gasteiger charge is 2.23. The summed E-state index contributed by atoms with van der Waals surface area (Å²) in [5.74, 6) is 0. The molecule has 0 aromatic heterocycles. The van der Waals surface area contributed by atoms with Crippen molar-refractivity contribution in [2.24, 2.45) is 0 Å². The SMILES string of the molecule is CCOC(=O)N1CCC(NC[C@@H](C)O)CC1. The van der Waals surface area contributed by atoms with Gasteiger partial charge in [-0.1, -0.05) is 0 Å².